The number of aromatic nitrogens is 5. The number of unbranched alkanes of at least 4 members (excludes halogenated alkanes) is 3. The van der Waals surface area contributed by atoms with Gasteiger partial charge in [-0.1, -0.05) is 24.4 Å². The zero-order chi connectivity index (χ0) is 21.5. The highest BCUT2D eigenvalue weighted by Gasteiger charge is 2.17. The number of halogens is 1. The number of aryl methyl sites for hydroxylation is 2. The Bertz CT molecular complexity index is 1080. The van der Waals surface area contributed by atoms with Crippen molar-refractivity contribution in [3.8, 4) is 28.3 Å². The van der Waals surface area contributed by atoms with Crippen molar-refractivity contribution in [3.63, 3.8) is 0 Å². The first-order valence-corrected chi connectivity index (χ1v) is 10.7. The van der Waals surface area contributed by atoms with Crippen LogP contribution in [-0.2, 0) is 12.8 Å². The van der Waals surface area contributed by atoms with E-state index in [1.807, 2.05) is 48.5 Å². The van der Waals surface area contributed by atoms with Crippen LogP contribution < -0.4 is 4.74 Å². The first kappa shape index (κ1) is 21.1. The number of hydrogen-bond donors (Lipinski definition) is 1. The number of benzene rings is 2. The molecule has 4 aromatic rings. The van der Waals surface area contributed by atoms with Crippen molar-refractivity contribution in [1.29, 1.82) is 0 Å². The molecule has 0 aliphatic carbocycles. The Kier molecular flexibility index (Phi) is 6.94. The Balaban J connectivity index is 1.44. The normalized spacial score (nSPS) is 11.0. The van der Waals surface area contributed by atoms with Gasteiger partial charge in [0.15, 0.2) is 11.7 Å². The summed E-state index contributed by atoms with van der Waals surface area (Å²) in [6.45, 7) is 0. The van der Waals surface area contributed by atoms with Crippen LogP contribution in [0.1, 0.15) is 37.4 Å². The zero-order valence-corrected chi connectivity index (χ0v) is 18.1. The molecule has 0 fully saturated rings. The smallest absolute Gasteiger partial charge is 0.195 e. The fourth-order valence-electron chi connectivity index (χ4n) is 3.42. The van der Waals surface area contributed by atoms with E-state index in [1.165, 1.54) is 0 Å². The molecule has 31 heavy (non-hydrogen) atoms. The molecule has 0 aliphatic heterocycles. The molecule has 4 rings (SSSR count). The lowest BCUT2D eigenvalue weighted by Gasteiger charge is -2.03. The van der Waals surface area contributed by atoms with E-state index in [9.17, 15) is 0 Å². The molecule has 2 heterocycles. The second-order valence-corrected chi connectivity index (χ2v) is 7.72. The summed E-state index contributed by atoms with van der Waals surface area (Å²) in [5.41, 5.74) is 2.77. The average molecular weight is 438 g/mol. The van der Waals surface area contributed by atoms with Gasteiger partial charge in [0.1, 0.15) is 17.3 Å². The van der Waals surface area contributed by atoms with Crippen LogP contribution in [0.5, 0.6) is 5.75 Å². The third-order valence-electron chi connectivity index (χ3n) is 5.08. The lowest BCUT2D eigenvalue weighted by molar-refractivity contribution is 0.415. The molecule has 0 unspecified atom stereocenters. The van der Waals surface area contributed by atoms with E-state index in [0.29, 0.717) is 5.02 Å². The van der Waals surface area contributed by atoms with Crippen LogP contribution in [0.25, 0.3) is 22.6 Å². The maximum atomic E-state index is 6.20. The van der Waals surface area contributed by atoms with Gasteiger partial charge in [-0.3, -0.25) is 0 Å². The molecule has 0 bridgehead atoms. The number of H-pyrrole nitrogens is 1. The van der Waals surface area contributed by atoms with Gasteiger partial charge < -0.3 is 9.15 Å². The van der Waals surface area contributed by atoms with Gasteiger partial charge in [0.05, 0.1) is 7.11 Å². The number of rotatable bonds is 10. The summed E-state index contributed by atoms with van der Waals surface area (Å²) < 4.78 is 11.5. The summed E-state index contributed by atoms with van der Waals surface area (Å²) in [6, 6.07) is 15.5. The number of oxazole rings is 1. The van der Waals surface area contributed by atoms with Crippen molar-refractivity contribution < 1.29 is 9.15 Å². The molecule has 0 amide bonds. The van der Waals surface area contributed by atoms with Gasteiger partial charge in [0.2, 0.25) is 0 Å². The predicted molar refractivity (Wildman–Crippen MR) is 119 cm³/mol. The van der Waals surface area contributed by atoms with E-state index < -0.39 is 0 Å². The molecule has 0 radical (unpaired) electrons. The van der Waals surface area contributed by atoms with E-state index >= 15 is 0 Å². The summed E-state index contributed by atoms with van der Waals surface area (Å²) in [6.07, 6.45) is 5.93. The van der Waals surface area contributed by atoms with Gasteiger partial charge in [-0.25, -0.2) is 10.1 Å². The van der Waals surface area contributed by atoms with Crippen LogP contribution in [0.15, 0.2) is 52.9 Å². The van der Waals surface area contributed by atoms with Crippen LogP contribution in [0.3, 0.4) is 0 Å². The van der Waals surface area contributed by atoms with Crippen molar-refractivity contribution in [3.05, 3.63) is 65.3 Å². The summed E-state index contributed by atoms with van der Waals surface area (Å²) in [7, 11) is 1.66. The van der Waals surface area contributed by atoms with Crippen molar-refractivity contribution in [2.45, 2.75) is 38.5 Å². The molecule has 2 aromatic carbocycles. The number of nitrogens with zero attached hydrogens (tertiary/aromatic N) is 4. The third kappa shape index (κ3) is 5.49. The monoisotopic (exact) mass is 437 g/mol. The summed E-state index contributed by atoms with van der Waals surface area (Å²) >= 11 is 6.06. The first-order chi connectivity index (χ1) is 15.2. The third-order valence-corrected chi connectivity index (χ3v) is 5.34. The first-order valence-electron chi connectivity index (χ1n) is 10.4. The van der Waals surface area contributed by atoms with E-state index in [0.717, 1.165) is 78.6 Å². The summed E-state index contributed by atoms with van der Waals surface area (Å²) in [5, 5.41) is 14.6. The lowest BCUT2D eigenvalue weighted by Crippen LogP contribution is -1.91. The largest absolute Gasteiger partial charge is 0.497 e. The molecular weight excluding hydrogens is 414 g/mol. The van der Waals surface area contributed by atoms with Crippen molar-refractivity contribution in [2.75, 3.05) is 7.11 Å². The molecule has 0 saturated heterocycles. The van der Waals surface area contributed by atoms with Crippen LogP contribution >= 0.6 is 11.6 Å². The van der Waals surface area contributed by atoms with Crippen molar-refractivity contribution in [2.24, 2.45) is 0 Å². The van der Waals surface area contributed by atoms with Crippen LogP contribution in [-0.4, -0.2) is 32.7 Å². The Morgan fingerprint density at radius 2 is 1.61 bits per heavy atom. The Labute approximate surface area is 185 Å². The maximum Gasteiger partial charge on any atom is 0.195 e. The minimum Gasteiger partial charge on any atom is -0.497 e. The lowest BCUT2D eigenvalue weighted by atomic mass is 10.1. The van der Waals surface area contributed by atoms with E-state index in [-0.39, 0.29) is 0 Å². The van der Waals surface area contributed by atoms with Gasteiger partial charge in [-0.05, 0) is 71.8 Å². The molecule has 0 aliphatic rings. The summed E-state index contributed by atoms with van der Waals surface area (Å²) in [4.78, 5) is 4.82. The molecule has 0 spiro atoms. The number of nitrogens with one attached hydrogen (secondary N) is 1. The van der Waals surface area contributed by atoms with Crippen molar-refractivity contribution >= 4 is 11.6 Å². The molecule has 1 N–H and O–H groups in total. The maximum absolute atomic E-state index is 6.20. The van der Waals surface area contributed by atoms with Crippen LogP contribution in [0, 0.1) is 0 Å². The van der Waals surface area contributed by atoms with Crippen LogP contribution in [0.2, 0.25) is 5.02 Å². The van der Waals surface area contributed by atoms with Crippen LogP contribution in [0.4, 0.5) is 0 Å². The van der Waals surface area contributed by atoms with Gasteiger partial charge >= 0.3 is 0 Å². The average Bonchev–Trinajstić information content (AvgIpc) is 3.47. The number of tetrazole rings is 1. The fraction of sp³-hybridized carbons (Fsp3) is 0.304. The highest BCUT2D eigenvalue weighted by atomic mass is 35.5. The second kappa shape index (κ2) is 10.2. The summed E-state index contributed by atoms with van der Waals surface area (Å²) in [5.74, 6) is 3.15. The topological polar surface area (TPSA) is 89.7 Å². The van der Waals surface area contributed by atoms with E-state index in [2.05, 4.69) is 20.6 Å². The minimum atomic E-state index is 0.690. The standard InChI is InChI=1S/C23H24ClN5O2/c1-30-19-14-10-16(11-15-19)22-23(17-8-12-18(24)13-9-17)31-21(25-22)7-5-3-2-4-6-20-26-28-29-27-20/h8-15H,2-7H2,1H3,(H,26,27,28,29). The van der Waals surface area contributed by atoms with E-state index in [1.54, 1.807) is 7.11 Å². The van der Waals surface area contributed by atoms with Gasteiger partial charge in [-0.15, -0.1) is 5.10 Å². The Morgan fingerprint density at radius 3 is 2.29 bits per heavy atom. The number of aromatic amines is 1. The van der Waals surface area contributed by atoms with Crippen molar-refractivity contribution in [1.82, 2.24) is 25.6 Å². The van der Waals surface area contributed by atoms with E-state index in [4.69, 9.17) is 25.7 Å². The molecule has 8 heteroatoms. The SMILES string of the molecule is COc1ccc(-c2nc(CCCCCCc3nnn[nH]3)oc2-c2ccc(Cl)cc2)cc1. The highest BCUT2D eigenvalue weighted by molar-refractivity contribution is 6.30. The fourth-order valence-corrected chi connectivity index (χ4v) is 3.55. The Morgan fingerprint density at radius 1 is 0.903 bits per heavy atom. The number of methoxy groups -OCH3 is 1. The Hall–Kier alpha value is -3.19. The molecule has 0 atom stereocenters. The van der Waals surface area contributed by atoms with Gasteiger partial charge in [-0.2, -0.15) is 0 Å². The molecule has 7 nitrogen and oxygen atoms in total. The molecule has 0 saturated carbocycles. The predicted octanol–water partition coefficient (Wildman–Crippen LogP) is 5.53. The molecular formula is C23H24ClN5O2. The second-order valence-electron chi connectivity index (χ2n) is 7.28. The highest BCUT2D eigenvalue weighted by Crippen LogP contribution is 2.34. The molecule has 160 valence electrons. The quantitative estimate of drug-likeness (QED) is 0.328. The minimum absolute atomic E-state index is 0.690. The zero-order valence-electron chi connectivity index (χ0n) is 17.3. The van der Waals surface area contributed by atoms with Gasteiger partial charge in [0.25, 0.3) is 0 Å². The van der Waals surface area contributed by atoms with Gasteiger partial charge in [0, 0.05) is 29.0 Å². The number of hydrogen-bond acceptors (Lipinski definition) is 6. The number of ether oxygens (including phenoxy) is 1. The molecule has 2 aromatic heterocycles.